The molecule has 0 atom stereocenters. The normalized spacial score (nSPS) is 10.7. The van der Waals surface area contributed by atoms with Crippen LogP contribution in [0.4, 0.5) is 5.69 Å². The number of nitrogens with zero attached hydrogens (tertiary/aromatic N) is 1. The largest absolute Gasteiger partial charge is 0.269 e. The number of rotatable bonds is 3. The molecule has 0 aliphatic carbocycles. The quantitative estimate of drug-likeness (QED) is 0.465. The maximum atomic E-state index is 10.5. The van der Waals surface area contributed by atoms with Gasteiger partial charge >= 0.3 is 0 Å². The minimum Gasteiger partial charge on any atom is -0.258 e. The number of nitro groups is 1. The van der Waals surface area contributed by atoms with E-state index in [0.717, 1.165) is 11.1 Å². The van der Waals surface area contributed by atoms with Crippen molar-refractivity contribution in [1.29, 1.82) is 0 Å². The fraction of sp³-hybridized carbons (Fsp3) is 0. The van der Waals surface area contributed by atoms with Gasteiger partial charge in [0.05, 0.1) is 4.92 Å². The SMILES string of the molecule is O=[N+]([O-])c1ccc(C=Cc2cccc(Cl)c2)cc1. The number of halogens is 1. The summed E-state index contributed by atoms with van der Waals surface area (Å²) in [7, 11) is 0. The summed E-state index contributed by atoms with van der Waals surface area (Å²) in [4.78, 5) is 10.1. The molecule has 0 heterocycles. The van der Waals surface area contributed by atoms with E-state index in [1.54, 1.807) is 12.1 Å². The van der Waals surface area contributed by atoms with E-state index < -0.39 is 4.92 Å². The molecular weight excluding hydrogens is 250 g/mol. The maximum Gasteiger partial charge on any atom is 0.269 e. The Labute approximate surface area is 109 Å². The molecule has 0 N–H and O–H groups in total. The van der Waals surface area contributed by atoms with Gasteiger partial charge in [0, 0.05) is 17.2 Å². The molecule has 18 heavy (non-hydrogen) atoms. The van der Waals surface area contributed by atoms with Crippen LogP contribution in [0, 0.1) is 10.1 Å². The first-order valence-electron chi connectivity index (χ1n) is 5.33. The zero-order valence-corrected chi connectivity index (χ0v) is 10.2. The van der Waals surface area contributed by atoms with Crippen molar-refractivity contribution in [3.63, 3.8) is 0 Å². The van der Waals surface area contributed by atoms with Gasteiger partial charge in [0.15, 0.2) is 0 Å². The van der Waals surface area contributed by atoms with E-state index in [4.69, 9.17) is 11.6 Å². The fourth-order valence-corrected chi connectivity index (χ4v) is 1.71. The van der Waals surface area contributed by atoms with Gasteiger partial charge in [-0.05, 0) is 35.4 Å². The molecule has 2 aromatic rings. The Kier molecular flexibility index (Phi) is 3.75. The highest BCUT2D eigenvalue weighted by atomic mass is 35.5. The second kappa shape index (κ2) is 5.47. The number of non-ortho nitro benzene ring substituents is 1. The van der Waals surface area contributed by atoms with Crippen LogP contribution in [-0.4, -0.2) is 4.92 Å². The van der Waals surface area contributed by atoms with Crippen molar-refractivity contribution in [3.8, 4) is 0 Å². The molecule has 0 spiro atoms. The van der Waals surface area contributed by atoms with Crippen molar-refractivity contribution in [2.24, 2.45) is 0 Å². The van der Waals surface area contributed by atoms with Crippen LogP contribution in [-0.2, 0) is 0 Å². The Hall–Kier alpha value is -2.13. The van der Waals surface area contributed by atoms with E-state index in [0.29, 0.717) is 5.02 Å². The number of hydrogen-bond donors (Lipinski definition) is 0. The van der Waals surface area contributed by atoms with Crippen molar-refractivity contribution in [2.45, 2.75) is 0 Å². The molecule has 0 bridgehead atoms. The summed E-state index contributed by atoms with van der Waals surface area (Å²) < 4.78 is 0. The summed E-state index contributed by atoms with van der Waals surface area (Å²) in [5.74, 6) is 0. The molecule has 0 aliphatic heterocycles. The minimum atomic E-state index is -0.412. The van der Waals surface area contributed by atoms with Gasteiger partial charge < -0.3 is 0 Å². The lowest BCUT2D eigenvalue weighted by molar-refractivity contribution is -0.384. The molecule has 0 amide bonds. The monoisotopic (exact) mass is 259 g/mol. The standard InChI is InChI=1S/C14H10ClNO2/c15-13-3-1-2-12(10-13)5-4-11-6-8-14(9-7-11)16(17)18/h1-10H. The van der Waals surface area contributed by atoms with E-state index >= 15 is 0 Å². The van der Waals surface area contributed by atoms with Crippen LogP contribution in [0.5, 0.6) is 0 Å². The molecule has 4 heteroatoms. The number of hydrogen-bond acceptors (Lipinski definition) is 2. The predicted octanol–water partition coefficient (Wildman–Crippen LogP) is 4.42. The lowest BCUT2D eigenvalue weighted by atomic mass is 10.1. The van der Waals surface area contributed by atoms with Gasteiger partial charge in [0.1, 0.15) is 0 Å². The van der Waals surface area contributed by atoms with E-state index in [9.17, 15) is 10.1 Å². The summed E-state index contributed by atoms with van der Waals surface area (Å²) in [6.45, 7) is 0. The smallest absolute Gasteiger partial charge is 0.258 e. The van der Waals surface area contributed by atoms with Crippen molar-refractivity contribution in [2.75, 3.05) is 0 Å². The zero-order chi connectivity index (χ0) is 13.0. The Morgan fingerprint density at radius 1 is 1.00 bits per heavy atom. The highest BCUT2D eigenvalue weighted by Gasteiger charge is 2.01. The predicted molar refractivity (Wildman–Crippen MR) is 73.5 cm³/mol. The average Bonchev–Trinajstić information content (AvgIpc) is 2.37. The molecule has 0 fully saturated rings. The van der Waals surface area contributed by atoms with Gasteiger partial charge in [0.2, 0.25) is 0 Å². The number of benzene rings is 2. The fourth-order valence-electron chi connectivity index (χ4n) is 1.51. The topological polar surface area (TPSA) is 43.1 Å². The molecule has 0 aromatic heterocycles. The summed E-state index contributed by atoms with van der Waals surface area (Å²) in [5.41, 5.74) is 1.98. The Morgan fingerprint density at radius 2 is 1.67 bits per heavy atom. The third-order valence-electron chi connectivity index (χ3n) is 2.42. The van der Waals surface area contributed by atoms with Crippen molar-refractivity contribution < 1.29 is 4.92 Å². The molecule has 0 radical (unpaired) electrons. The van der Waals surface area contributed by atoms with Gasteiger partial charge in [0.25, 0.3) is 5.69 Å². The van der Waals surface area contributed by atoms with Crippen LogP contribution in [0.2, 0.25) is 5.02 Å². The lowest BCUT2D eigenvalue weighted by Crippen LogP contribution is -1.86. The average molecular weight is 260 g/mol. The van der Waals surface area contributed by atoms with Crippen LogP contribution in [0.1, 0.15) is 11.1 Å². The Balaban J connectivity index is 2.16. The Bertz CT molecular complexity index is 591. The van der Waals surface area contributed by atoms with Crippen LogP contribution in [0.25, 0.3) is 12.2 Å². The van der Waals surface area contributed by atoms with Crippen LogP contribution >= 0.6 is 11.6 Å². The van der Waals surface area contributed by atoms with Gasteiger partial charge in [-0.1, -0.05) is 35.9 Å². The van der Waals surface area contributed by atoms with Crippen LogP contribution in [0.3, 0.4) is 0 Å². The molecule has 2 rings (SSSR count). The van der Waals surface area contributed by atoms with Gasteiger partial charge in [-0.25, -0.2) is 0 Å². The second-order valence-electron chi connectivity index (χ2n) is 3.74. The summed E-state index contributed by atoms with van der Waals surface area (Å²) in [6, 6.07) is 13.9. The van der Waals surface area contributed by atoms with Gasteiger partial charge in [-0.15, -0.1) is 0 Å². The van der Waals surface area contributed by atoms with Crippen LogP contribution in [0.15, 0.2) is 48.5 Å². The first kappa shape index (κ1) is 12.3. The third-order valence-corrected chi connectivity index (χ3v) is 2.66. The first-order valence-corrected chi connectivity index (χ1v) is 5.71. The number of nitro benzene ring substituents is 1. The summed E-state index contributed by atoms with van der Waals surface area (Å²) in [6.07, 6.45) is 3.79. The molecule has 0 saturated heterocycles. The maximum absolute atomic E-state index is 10.5. The van der Waals surface area contributed by atoms with E-state index in [1.165, 1.54) is 12.1 Å². The molecule has 0 aliphatic rings. The highest BCUT2D eigenvalue weighted by molar-refractivity contribution is 6.30. The first-order chi connectivity index (χ1) is 8.65. The minimum absolute atomic E-state index is 0.0925. The van der Waals surface area contributed by atoms with Crippen molar-refractivity contribution in [3.05, 3.63) is 74.8 Å². The van der Waals surface area contributed by atoms with Crippen molar-refractivity contribution in [1.82, 2.24) is 0 Å². The highest BCUT2D eigenvalue weighted by Crippen LogP contribution is 2.16. The molecule has 2 aromatic carbocycles. The molecule has 90 valence electrons. The van der Waals surface area contributed by atoms with Gasteiger partial charge in [-0.3, -0.25) is 10.1 Å². The Morgan fingerprint density at radius 3 is 2.28 bits per heavy atom. The van der Waals surface area contributed by atoms with E-state index in [-0.39, 0.29) is 5.69 Å². The lowest BCUT2D eigenvalue weighted by Gasteiger charge is -1.96. The summed E-state index contributed by atoms with van der Waals surface area (Å²) >= 11 is 5.87. The van der Waals surface area contributed by atoms with Gasteiger partial charge in [-0.2, -0.15) is 0 Å². The van der Waals surface area contributed by atoms with E-state index in [1.807, 2.05) is 36.4 Å². The van der Waals surface area contributed by atoms with E-state index in [2.05, 4.69) is 0 Å². The molecular formula is C14H10ClNO2. The van der Waals surface area contributed by atoms with Crippen LogP contribution < -0.4 is 0 Å². The molecule has 3 nitrogen and oxygen atoms in total. The zero-order valence-electron chi connectivity index (χ0n) is 9.42. The second-order valence-corrected chi connectivity index (χ2v) is 4.17. The molecule has 0 unspecified atom stereocenters. The third kappa shape index (κ3) is 3.18. The molecule has 0 saturated carbocycles. The van der Waals surface area contributed by atoms with Crippen molar-refractivity contribution >= 4 is 29.4 Å². The summed E-state index contributed by atoms with van der Waals surface area (Å²) in [5, 5.41) is 11.2.